The van der Waals surface area contributed by atoms with Crippen molar-refractivity contribution in [1.82, 2.24) is 15.0 Å². The largest absolute Gasteiger partial charge is 0.208 e. The Bertz CT molecular complexity index is 3260. The van der Waals surface area contributed by atoms with E-state index in [1.807, 2.05) is 18.2 Å². The minimum absolute atomic E-state index is 0.638. The smallest absolute Gasteiger partial charge is 0.164 e. The third-order valence-corrected chi connectivity index (χ3v) is 12.5. The third-order valence-electron chi connectivity index (χ3n) is 12.5. The molecule has 0 amide bonds. The van der Waals surface area contributed by atoms with E-state index in [-0.39, 0.29) is 0 Å². The second-order valence-electron chi connectivity index (χ2n) is 15.8. The minimum atomic E-state index is 0.638. The van der Waals surface area contributed by atoms with E-state index in [4.69, 9.17) is 15.0 Å². The highest BCUT2D eigenvalue weighted by Crippen LogP contribution is 2.37. The molecule has 59 heavy (non-hydrogen) atoms. The van der Waals surface area contributed by atoms with Gasteiger partial charge in [0.2, 0.25) is 0 Å². The summed E-state index contributed by atoms with van der Waals surface area (Å²) in [5, 5.41) is 7.24. The molecule has 0 bridgehead atoms. The topological polar surface area (TPSA) is 38.7 Å². The van der Waals surface area contributed by atoms with Gasteiger partial charge in [-0.15, -0.1) is 16.4 Å². The molecule has 0 unspecified atom stereocenters. The van der Waals surface area contributed by atoms with Crippen molar-refractivity contribution >= 4 is 98.9 Å². The van der Waals surface area contributed by atoms with E-state index >= 15 is 0 Å². The first-order chi connectivity index (χ1) is 28.8. The molecule has 9 aromatic carbocycles. The van der Waals surface area contributed by atoms with Crippen LogP contribution in [0.15, 0.2) is 170 Å². The van der Waals surface area contributed by atoms with Gasteiger partial charge in [0.15, 0.2) is 17.5 Å². The second kappa shape index (κ2) is 14.8. The van der Waals surface area contributed by atoms with Crippen molar-refractivity contribution in [2.24, 2.45) is 0 Å². The molecule has 0 saturated carbocycles. The SMILES string of the molecule is Bc1c(B)c(B)c(-c2ccc3cc(-c4nc(-c5ccccc5)nc(-c5cccc(-c6cccc7c(-c8ccc9ccccc9c8)cccc67)c5)n4)ccc3c2)c(B)c1B. The number of fused-ring (bicyclic) bond motifs is 3. The minimum Gasteiger partial charge on any atom is -0.208 e. The van der Waals surface area contributed by atoms with Crippen LogP contribution in [0.3, 0.4) is 0 Å². The zero-order valence-electron chi connectivity index (χ0n) is 34.0. The van der Waals surface area contributed by atoms with Crippen LogP contribution in [0.2, 0.25) is 0 Å². The molecule has 0 fully saturated rings. The zero-order valence-corrected chi connectivity index (χ0v) is 34.0. The van der Waals surface area contributed by atoms with E-state index in [2.05, 4.69) is 191 Å². The summed E-state index contributed by atoms with van der Waals surface area (Å²) in [6, 6.07) is 60.7. The predicted octanol–water partition coefficient (Wildman–Crippen LogP) is 4.63. The summed E-state index contributed by atoms with van der Waals surface area (Å²) in [5.74, 6) is 1.93. The Labute approximate surface area is 349 Å². The third kappa shape index (κ3) is 6.55. The molecule has 272 valence electrons. The van der Waals surface area contributed by atoms with Crippen molar-refractivity contribution in [2.75, 3.05) is 0 Å². The number of benzene rings is 9. The molecular formula is C51H38B5N3. The van der Waals surface area contributed by atoms with Crippen LogP contribution in [0.4, 0.5) is 0 Å². The molecule has 0 N–H and O–H groups in total. The number of nitrogens with zero attached hydrogens (tertiary/aromatic N) is 3. The number of rotatable bonds is 6. The van der Waals surface area contributed by atoms with E-state index in [1.165, 1.54) is 82.1 Å². The van der Waals surface area contributed by atoms with E-state index < -0.39 is 0 Å². The Morgan fingerprint density at radius 2 is 0.678 bits per heavy atom. The molecule has 0 aliphatic carbocycles. The summed E-state index contributed by atoms with van der Waals surface area (Å²) in [6.07, 6.45) is 0. The fourth-order valence-electron chi connectivity index (χ4n) is 8.82. The van der Waals surface area contributed by atoms with Crippen molar-refractivity contribution in [2.45, 2.75) is 0 Å². The molecule has 10 aromatic rings. The van der Waals surface area contributed by atoms with Gasteiger partial charge in [0.1, 0.15) is 39.2 Å². The number of hydrogen-bond acceptors (Lipinski definition) is 3. The Morgan fingerprint density at radius 3 is 1.34 bits per heavy atom. The summed E-state index contributed by atoms with van der Waals surface area (Å²) in [7, 11) is 11.2. The molecule has 1 aromatic heterocycles. The highest BCUT2D eigenvalue weighted by molar-refractivity contribution is 6.68. The average molecular weight is 747 g/mol. The van der Waals surface area contributed by atoms with Crippen LogP contribution in [-0.4, -0.2) is 54.2 Å². The van der Waals surface area contributed by atoms with Gasteiger partial charge in [-0.3, -0.25) is 0 Å². The van der Waals surface area contributed by atoms with Gasteiger partial charge in [-0.05, 0) is 90.0 Å². The summed E-state index contributed by atoms with van der Waals surface area (Å²) in [4.78, 5) is 15.4. The summed E-state index contributed by atoms with van der Waals surface area (Å²) >= 11 is 0. The summed E-state index contributed by atoms with van der Waals surface area (Å²) in [5.41, 5.74) is 16.9. The summed E-state index contributed by atoms with van der Waals surface area (Å²) < 4.78 is 0. The second-order valence-corrected chi connectivity index (χ2v) is 15.8. The molecule has 8 heteroatoms. The van der Waals surface area contributed by atoms with Crippen LogP contribution in [0.25, 0.3) is 99.9 Å². The van der Waals surface area contributed by atoms with Gasteiger partial charge in [-0.1, -0.05) is 157 Å². The Morgan fingerprint density at radius 1 is 0.271 bits per heavy atom. The molecule has 3 nitrogen and oxygen atoms in total. The standard InChI is InChI=1S/C51H38B5N3/c52-44-43(45(53)47(55)48(56)46(44)54)36-23-20-33-27-38(24-21-32(33)26-36)51-58-49(30-10-2-1-3-11-30)57-50(59-51)37-14-6-13-34(28-37)39-15-7-18-42-40(16-8-17-41(39)42)35-22-19-29-9-4-5-12-31(29)25-35/h1-28H,52-56H2. The fourth-order valence-corrected chi connectivity index (χ4v) is 8.82. The van der Waals surface area contributed by atoms with Gasteiger partial charge < -0.3 is 0 Å². The lowest BCUT2D eigenvalue weighted by molar-refractivity contribution is 1.07. The van der Waals surface area contributed by atoms with Gasteiger partial charge in [0, 0.05) is 16.7 Å². The highest BCUT2D eigenvalue weighted by atomic mass is 15.0. The monoisotopic (exact) mass is 747 g/mol. The van der Waals surface area contributed by atoms with Crippen LogP contribution in [-0.2, 0) is 0 Å². The van der Waals surface area contributed by atoms with Crippen molar-refractivity contribution in [3.8, 4) is 67.5 Å². The highest BCUT2D eigenvalue weighted by Gasteiger charge is 2.17. The van der Waals surface area contributed by atoms with Crippen molar-refractivity contribution < 1.29 is 0 Å². The molecule has 0 aliphatic rings. The Hall–Kier alpha value is -6.91. The van der Waals surface area contributed by atoms with Gasteiger partial charge >= 0.3 is 0 Å². The van der Waals surface area contributed by atoms with Gasteiger partial charge in [0.25, 0.3) is 0 Å². The first-order valence-corrected chi connectivity index (χ1v) is 20.4. The average Bonchev–Trinajstić information content (AvgIpc) is 3.29. The first kappa shape index (κ1) is 36.4. The molecular weight excluding hydrogens is 709 g/mol. The molecule has 0 aliphatic heterocycles. The maximum atomic E-state index is 5.18. The molecule has 1 heterocycles. The molecule has 0 saturated heterocycles. The number of aromatic nitrogens is 3. The van der Waals surface area contributed by atoms with Crippen LogP contribution in [0.5, 0.6) is 0 Å². The zero-order chi connectivity index (χ0) is 40.2. The first-order valence-electron chi connectivity index (χ1n) is 20.4. The van der Waals surface area contributed by atoms with Crippen molar-refractivity contribution in [3.63, 3.8) is 0 Å². The van der Waals surface area contributed by atoms with Crippen molar-refractivity contribution in [1.29, 1.82) is 0 Å². The van der Waals surface area contributed by atoms with E-state index in [0.29, 0.717) is 17.5 Å². The Kier molecular flexibility index (Phi) is 9.14. The lowest BCUT2D eigenvalue weighted by atomic mass is 9.59. The fraction of sp³-hybridized carbons (Fsp3) is 0. The lowest BCUT2D eigenvalue weighted by Gasteiger charge is -2.20. The van der Waals surface area contributed by atoms with Crippen LogP contribution < -0.4 is 27.3 Å². The van der Waals surface area contributed by atoms with Gasteiger partial charge in [0.05, 0.1) is 0 Å². The van der Waals surface area contributed by atoms with E-state index in [1.54, 1.807) is 0 Å². The molecule has 0 spiro atoms. The normalized spacial score (nSPS) is 11.4. The molecule has 0 atom stereocenters. The maximum absolute atomic E-state index is 5.18. The quantitative estimate of drug-likeness (QED) is 0.234. The van der Waals surface area contributed by atoms with Crippen LogP contribution >= 0.6 is 0 Å². The summed E-state index contributed by atoms with van der Waals surface area (Å²) in [6.45, 7) is 0. The van der Waals surface area contributed by atoms with Crippen LogP contribution in [0.1, 0.15) is 0 Å². The Balaban J connectivity index is 1.06. The predicted molar refractivity (Wildman–Crippen MR) is 266 cm³/mol. The van der Waals surface area contributed by atoms with E-state index in [9.17, 15) is 0 Å². The van der Waals surface area contributed by atoms with E-state index in [0.717, 1.165) is 27.6 Å². The molecule has 10 rings (SSSR count). The van der Waals surface area contributed by atoms with Gasteiger partial charge in [-0.2, -0.15) is 0 Å². The van der Waals surface area contributed by atoms with Gasteiger partial charge in [-0.25, -0.2) is 15.0 Å². The van der Waals surface area contributed by atoms with Crippen molar-refractivity contribution in [3.05, 3.63) is 170 Å². The lowest BCUT2D eigenvalue weighted by Crippen LogP contribution is -2.55. The molecule has 0 radical (unpaired) electrons. The maximum Gasteiger partial charge on any atom is 0.164 e. The number of hydrogen-bond donors (Lipinski definition) is 0. The van der Waals surface area contributed by atoms with Crippen LogP contribution in [0, 0.1) is 0 Å².